The lowest BCUT2D eigenvalue weighted by Crippen LogP contribution is -2.28. The molecule has 1 aliphatic rings. The number of para-hydroxylation sites is 2. The first kappa shape index (κ1) is 15.1. The van der Waals surface area contributed by atoms with Gasteiger partial charge in [0.25, 0.3) is 0 Å². The van der Waals surface area contributed by atoms with E-state index in [0.29, 0.717) is 5.75 Å². The van der Waals surface area contributed by atoms with E-state index in [4.69, 9.17) is 4.74 Å². The second kappa shape index (κ2) is 6.41. The van der Waals surface area contributed by atoms with Gasteiger partial charge in [-0.1, -0.05) is 12.1 Å². The van der Waals surface area contributed by atoms with Gasteiger partial charge in [0.15, 0.2) is 0 Å². The molecule has 0 aliphatic heterocycles. The standard InChI is InChI=1S/C15H17N3O2.H2O/c1-20-14-5-3-2-4-12(14)18-15(19)10-6-7-11-13(8-10)17-9-16-11;/h2-5,9-10H,6-8H2,1H3,(H,16,17)(H,18,19);1H2. The molecule has 1 unspecified atom stereocenters. The van der Waals surface area contributed by atoms with E-state index < -0.39 is 0 Å². The molecule has 0 saturated heterocycles. The van der Waals surface area contributed by atoms with Gasteiger partial charge in [0, 0.05) is 18.0 Å². The Labute approximate surface area is 122 Å². The maximum atomic E-state index is 12.4. The summed E-state index contributed by atoms with van der Waals surface area (Å²) in [5.41, 5.74) is 2.89. The van der Waals surface area contributed by atoms with E-state index in [9.17, 15) is 4.79 Å². The van der Waals surface area contributed by atoms with E-state index in [1.165, 1.54) is 0 Å². The SMILES string of the molecule is COc1ccccc1NC(=O)C1CCc2nc[nH]c2C1.O. The van der Waals surface area contributed by atoms with Crippen LogP contribution in [0.3, 0.4) is 0 Å². The smallest absolute Gasteiger partial charge is 0.227 e. The second-order valence-corrected chi connectivity index (χ2v) is 4.96. The summed E-state index contributed by atoms with van der Waals surface area (Å²) in [5, 5.41) is 2.96. The molecule has 6 heteroatoms. The summed E-state index contributed by atoms with van der Waals surface area (Å²) in [4.78, 5) is 19.7. The fourth-order valence-electron chi connectivity index (χ4n) is 2.61. The molecule has 0 bridgehead atoms. The highest BCUT2D eigenvalue weighted by Gasteiger charge is 2.26. The van der Waals surface area contributed by atoms with Crippen LogP contribution in [0.4, 0.5) is 5.69 Å². The number of hydrogen-bond acceptors (Lipinski definition) is 3. The maximum Gasteiger partial charge on any atom is 0.227 e. The molecule has 1 atom stereocenters. The molecule has 1 amide bonds. The number of aromatic amines is 1. The Bertz CT molecular complexity index is 624. The van der Waals surface area contributed by atoms with E-state index in [1.54, 1.807) is 13.4 Å². The number of benzene rings is 1. The van der Waals surface area contributed by atoms with Crippen LogP contribution in [0.2, 0.25) is 0 Å². The predicted octanol–water partition coefficient (Wildman–Crippen LogP) is 1.34. The monoisotopic (exact) mass is 289 g/mol. The topological polar surface area (TPSA) is 98.5 Å². The van der Waals surface area contributed by atoms with Crippen LogP contribution < -0.4 is 10.1 Å². The van der Waals surface area contributed by atoms with Gasteiger partial charge in [0.2, 0.25) is 5.91 Å². The van der Waals surface area contributed by atoms with Gasteiger partial charge in [-0.3, -0.25) is 4.79 Å². The molecule has 3 rings (SSSR count). The first-order valence-electron chi connectivity index (χ1n) is 6.73. The minimum Gasteiger partial charge on any atom is -0.495 e. The van der Waals surface area contributed by atoms with Crippen molar-refractivity contribution >= 4 is 11.6 Å². The fraction of sp³-hybridized carbons (Fsp3) is 0.333. The summed E-state index contributed by atoms with van der Waals surface area (Å²) >= 11 is 0. The number of rotatable bonds is 3. The Morgan fingerprint density at radius 2 is 2.24 bits per heavy atom. The molecule has 0 spiro atoms. The summed E-state index contributed by atoms with van der Waals surface area (Å²) in [6.07, 6.45) is 4.10. The zero-order valence-electron chi connectivity index (χ0n) is 11.8. The number of carbonyl (C=O) groups excluding carboxylic acids is 1. The molecule has 4 N–H and O–H groups in total. The van der Waals surface area contributed by atoms with Crippen molar-refractivity contribution in [1.82, 2.24) is 9.97 Å². The number of fused-ring (bicyclic) bond motifs is 1. The average molecular weight is 289 g/mol. The van der Waals surface area contributed by atoms with Crippen molar-refractivity contribution < 1.29 is 15.0 Å². The molecule has 21 heavy (non-hydrogen) atoms. The third-order valence-corrected chi connectivity index (χ3v) is 3.72. The van der Waals surface area contributed by atoms with Gasteiger partial charge in [-0.05, 0) is 25.0 Å². The number of H-pyrrole nitrogens is 1. The Morgan fingerprint density at radius 3 is 3.05 bits per heavy atom. The van der Waals surface area contributed by atoms with Gasteiger partial charge in [-0.15, -0.1) is 0 Å². The molecular weight excluding hydrogens is 270 g/mol. The van der Waals surface area contributed by atoms with Crippen LogP contribution >= 0.6 is 0 Å². The number of hydrogen-bond donors (Lipinski definition) is 2. The number of aryl methyl sites for hydroxylation is 1. The molecule has 0 saturated carbocycles. The van der Waals surface area contributed by atoms with Gasteiger partial charge in [0.05, 0.1) is 24.8 Å². The van der Waals surface area contributed by atoms with Crippen LogP contribution in [0, 0.1) is 5.92 Å². The molecule has 0 radical (unpaired) electrons. The number of nitrogens with one attached hydrogen (secondary N) is 2. The molecule has 1 aromatic carbocycles. The van der Waals surface area contributed by atoms with Crippen LogP contribution in [-0.2, 0) is 17.6 Å². The van der Waals surface area contributed by atoms with Crippen molar-refractivity contribution in [2.24, 2.45) is 5.92 Å². The highest BCUT2D eigenvalue weighted by Crippen LogP contribution is 2.27. The lowest BCUT2D eigenvalue weighted by atomic mass is 9.89. The number of nitrogens with zero attached hydrogens (tertiary/aromatic N) is 1. The van der Waals surface area contributed by atoms with Crippen molar-refractivity contribution in [3.05, 3.63) is 42.0 Å². The Morgan fingerprint density at radius 1 is 1.43 bits per heavy atom. The molecule has 1 aromatic heterocycles. The van der Waals surface area contributed by atoms with Crippen molar-refractivity contribution in [1.29, 1.82) is 0 Å². The van der Waals surface area contributed by atoms with Crippen LogP contribution in [0.1, 0.15) is 17.8 Å². The van der Waals surface area contributed by atoms with E-state index in [2.05, 4.69) is 15.3 Å². The number of amides is 1. The highest BCUT2D eigenvalue weighted by molar-refractivity contribution is 5.94. The average Bonchev–Trinajstić information content (AvgIpc) is 2.95. The number of methoxy groups -OCH3 is 1. The summed E-state index contributed by atoms with van der Waals surface area (Å²) in [6.45, 7) is 0. The van der Waals surface area contributed by atoms with Gasteiger partial charge in [-0.25, -0.2) is 4.98 Å². The van der Waals surface area contributed by atoms with Crippen LogP contribution in [0.25, 0.3) is 0 Å². The van der Waals surface area contributed by atoms with E-state index in [1.807, 2.05) is 24.3 Å². The van der Waals surface area contributed by atoms with Crippen molar-refractivity contribution in [2.75, 3.05) is 12.4 Å². The minimum atomic E-state index is -0.0205. The van der Waals surface area contributed by atoms with Gasteiger partial charge >= 0.3 is 0 Å². The lowest BCUT2D eigenvalue weighted by Gasteiger charge is -2.21. The van der Waals surface area contributed by atoms with Gasteiger partial charge < -0.3 is 20.5 Å². The predicted molar refractivity (Wildman–Crippen MR) is 79.3 cm³/mol. The Kier molecular flexibility index (Phi) is 4.59. The third kappa shape index (κ3) is 3.05. The Hall–Kier alpha value is -2.34. The van der Waals surface area contributed by atoms with Crippen LogP contribution in [0.5, 0.6) is 5.75 Å². The maximum absolute atomic E-state index is 12.4. The third-order valence-electron chi connectivity index (χ3n) is 3.72. The summed E-state index contributed by atoms with van der Waals surface area (Å²) < 4.78 is 5.25. The molecule has 1 aliphatic carbocycles. The Balaban J connectivity index is 0.00000161. The summed E-state index contributed by atoms with van der Waals surface area (Å²) in [6, 6.07) is 7.45. The van der Waals surface area contributed by atoms with Gasteiger partial charge in [-0.2, -0.15) is 0 Å². The van der Waals surface area contributed by atoms with Crippen LogP contribution in [-0.4, -0.2) is 28.5 Å². The van der Waals surface area contributed by atoms with Crippen molar-refractivity contribution in [2.45, 2.75) is 19.3 Å². The zero-order chi connectivity index (χ0) is 13.9. The lowest BCUT2D eigenvalue weighted by molar-refractivity contribution is -0.120. The number of anilines is 1. The molecule has 1 heterocycles. The number of ether oxygens (including phenoxy) is 1. The van der Waals surface area contributed by atoms with Crippen molar-refractivity contribution in [3.63, 3.8) is 0 Å². The van der Waals surface area contributed by atoms with Gasteiger partial charge in [0.1, 0.15) is 5.75 Å². The molecule has 6 nitrogen and oxygen atoms in total. The first-order valence-corrected chi connectivity index (χ1v) is 6.73. The fourth-order valence-corrected chi connectivity index (χ4v) is 2.61. The second-order valence-electron chi connectivity index (χ2n) is 4.96. The molecule has 0 fully saturated rings. The molecular formula is C15H19N3O3. The van der Waals surface area contributed by atoms with E-state index in [-0.39, 0.29) is 17.3 Å². The minimum absolute atomic E-state index is 0. The van der Waals surface area contributed by atoms with E-state index >= 15 is 0 Å². The molecule has 2 aromatic rings. The first-order chi connectivity index (χ1) is 9.78. The zero-order valence-corrected chi connectivity index (χ0v) is 11.8. The normalized spacial score (nSPS) is 16.5. The number of aromatic nitrogens is 2. The summed E-state index contributed by atoms with van der Waals surface area (Å²) in [7, 11) is 1.60. The largest absolute Gasteiger partial charge is 0.495 e. The van der Waals surface area contributed by atoms with Crippen molar-refractivity contribution in [3.8, 4) is 5.75 Å². The van der Waals surface area contributed by atoms with Crippen LogP contribution in [0.15, 0.2) is 30.6 Å². The quantitative estimate of drug-likeness (QED) is 0.891. The van der Waals surface area contributed by atoms with E-state index in [0.717, 1.165) is 36.3 Å². The number of carbonyl (C=O) groups is 1. The summed E-state index contributed by atoms with van der Waals surface area (Å²) in [5.74, 6) is 0.696. The highest BCUT2D eigenvalue weighted by atomic mass is 16.5. The molecule has 112 valence electrons. The number of imidazole rings is 1.